The Hall–Kier alpha value is -2.01. The number of ether oxygens (including phenoxy) is 2. The van der Waals surface area contributed by atoms with E-state index in [2.05, 4.69) is 15.9 Å². The Kier molecular flexibility index (Phi) is 4.34. The number of carbonyl (C=O) groups excluding carboxylic acids is 1. The maximum Gasteiger partial charge on any atom is 0.261 e. The van der Waals surface area contributed by atoms with E-state index in [1.165, 1.54) is 0 Å². The van der Waals surface area contributed by atoms with Crippen LogP contribution in [0, 0.1) is 0 Å². The van der Waals surface area contributed by atoms with Gasteiger partial charge in [0.2, 0.25) is 0 Å². The zero-order valence-corrected chi connectivity index (χ0v) is 13.8. The third-order valence-electron chi connectivity index (χ3n) is 3.64. The predicted molar refractivity (Wildman–Crippen MR) is 86.9 cm³/mol. The van der Waals surface area contributed by atoms with Crippen molar-refractivity contribution in [2.75, 3.05) is 13.7 Å². The lowest BCUT2D eigenvalue weighted by molar-refractivity contribution is -0.133. The fourth-order valence-corrected chi connectivity index (χ4v) is 2.93. The molecule has 1 aliphatic rings. The van der Waals surface area contributed by atoms with Crippen molar-refractivity contribution in [1.82, 2.24) is 4.90 Å². The normalized spacial score (nSPS) is 14.1. The van der Waals surface area contributed by atoms with Gasteiger partial charge in [0, 0.05) is 28.7 Å². The summed E-state index contributed by atoms with van der Waals surface area (Å²) in [7, 11) is 1.64. The van der Waals surface area contributed by atoms with Gasteiger partial charge in [-0.1, -0.05) is 34.1 Å². The summed E-state index contributed by atoms with van der Waals surface area (Å²) >= 11 is 3.46. The first kappa shape index (κ1) is 14.9. The molecule has 0 N–H and O–H groups in total. The Morgan fingerprint density at radius 1 is 1.27 bits per heavy atom. The molecular formula is C17H16BrNO3. The first-order valence-electron chi connectivity index (χ1n) is 6.98. The van der Waals surface area contributed by atoms with Gasteiger partial charge in [0.25, 0.3) is 5.91 Å². The van der Waals surface area contributed by atoms with E-state index in [-0.39, 0.29) is 12.5 Å². The quantitative estimate of drug-likeness (QED) is 0.840. The summed E-state index contributed by atoms with van der Waals surface area (Å²) in [6, 6.07) is 13.5. The average molecular weight is 362 g/mol. The molecule has 1 aliphatic heterocycles. The van der Waals surface area contributed by atoms with Crippen LogP contribution < -0.4 is 9.47 Å². The number of rotatable bonds is 3. The van der Waals surface area contributed by atoms with Crippen LogP contribution in [0.1, 0.15) is 11.1 Å². The van der Waals surface area contributed by atoms with Gasteiger partial charge >= 0.3 is 0 Å². The minimum atomic E-state index is -0.0294. The molecule has 114 valence electrons. The fourth-order valence-electron chi connectivity index (χ4n) is 2.52. The molecule has 4 nitrogen and oxygen atoms in total. The Balaban J connectivity index is 1.88. The lowest BCUT2D eigenvalue weighted by Crippen LogP contribution is -2.32. The number of methoxy groups -OCH3 is 1. The molecule has 0 unspecified atom stereocenters. The van der Waals surface area contributed by atoms with Crippen LogP contribution in [0.15, 0.2) is 46.9 Å². The summed E-state index contributed by atoms with van der Waals surface area (Å²) in [5.74, 6) is 1.52. The minimum Gasteiger partial charge on any atom is -0.496 e. The van der Waals surface area contributed by atoms with Crippen LogP contribution in [-0.2, 0) is 17.9 Å². The number of hydrogen-bond donors (Lipinski definition) is 0. The maximum absolute atomic E-state index is 12.3. The highest BCUT2D eigenvalue weighted by molar-refractivity contribution is 9.10. The Labute approximate surface area is 137 Å². The second-order valence-electron chi connectivity index (χ2n) is 5.10. The van der Waals surface area contributed by atoms with Crippen LogP contribution in [0.5, 0.6) is 11.5 Å². The molecule has 1 amide bonds. The topological polar surface area (TPSA) is 38.8 Å². The van der Waals surface area contributed by atoms with Crippen molar-refractivity contribution in [3.05, 3.63) is 58.1 Å². The third kappa shape index (κ3) is 3.09. The zero-order chi connectivity index (χ0) is 15.5. The van der Waals surface area contributed by atoms with Crippen molar-refractivity contribution >= 4 is 21.8 Å². The van der Waals surface area contributed by atoms with E-state index in [1.807, 2.05) is 42.5 Å². The van der Waals surface area contributed by atoms with Gasteiger partial charge in [-0.15, -0.1) is 0 Å². The van der Waals surface area contributed by atoms with Crippen molar-refractivity contribution in [2.45, 2.75) is 13.1 Å². The van der Waals surface area contributed by atoms with Gasteiger partial charge in [-0.25, -0.2) is 0 Å². The van der Waals surface area contributed by atoms with E-state index in [0.717, 1.165) is 27.1 Å². The number of fused-ring (bicyclic) bond motifs is 1. The number of amides is 1. The van der Waals surface area contributed by atoms with E-state index < -0.39 is 0 Å². The lowest BCUT2D eigenvalue weighted by Gasteiger charge is -2.21. The molecule has 0 radical (unpaired) electrons. The van der Waals surface area contributed by atoms with Crippen LogP contribution in [0.3, 0.4) is 0 Å². The number of hydrogen-bond acceptors (Lipinski definition) is 3. The van der Waals surface area contributed by atoms with Crippen LogP contribution in [0.2, 0.25) is 0 Å². The largest absolute Gasteiger partial charge is 0.496 e. The van der Waals surface area contributed by atoms with Gasteiger partial charge in [-0.2, -0.15) is 0 Å². The van der Waals surface area contributed by atoms with Crippen molar-refractivity contribution in [2.24, 2.45) is 0 Å². The molecule has 0 saturated carbocycles. The summed E-state index contributed by atoms with van der Waals surface area (Å²) < 4.78 is 11.9. The molecule has 0 spiro atoms. The zero-order valence-electron chi connectivity index (χ0n) is 12.2. The Bertz CT molecular complexity index is 702. The molecule has 1 heterocycles. The van der Waals surface area contributed by atoms with Gasteiger partial charge in [0.05, 0.1) is 7.11 Å². The van der Waals surface area contributed by atoms with E-state index in [9.17, 15) is 4.79 Å². The van der Waals surface area contributed by atoms with E-state index in [0.29, 0.717) is 13.1 Å². The highest BCUT2D eigenvalue weighted by Gasteiger charge is 2.22. The molecule has 0 atom stereocenters. The van der Waals surface area contributed by atoms with Crippen LogP contribution in [-0.4, -0.2) is 24.5 Å². The molecule has 0 bridgehead atoms. The molecular weight excluding hydrogens is 346 g/mol. The summed E-state index contributed by atoms with van der Waals surface area (Å²) in [5.41, 5.74) is 1.98. The first-order valence-corrected chi connectivity index (χ1v) is 7.77. The molecule has 3 rings (SSSR count). The van der Waals surface area contributed by atoms with E-state index >= 15 is 0 Å². The molecule has 22 heavy (non-hydrogen) atoms. The van der Waals surface area contributed by atoms with Crippen molar-refractivity contribution in [3.8, 4) is 11.5 Å². The lowest BCUT2D eigenvalue weighted by atomic mass is 10.1. The molecule has 0 saturated heterocycles. The van der Waals surface area contributed by atoms with Gasteiger partial charge in [-0.05, 0) is 24.3 Å². The summed E-state index contributed by atoms with van der Waals surface area (Å²) in [4.78, 5) is 14.1. The third-order valence-corrected chi connectivity index (χ3v) is 4.13. The number of nitrogens with zero attached hydrogens (tertiary/aromatic N) is 1. The highest BCUT2D eigenvalue weighted by atomic mass is 79.9. The molecule has 2 aromatic rings. The second-order valence-corrected chi connectivity index (χ2v) is 6.02. The van der Waals surface area contributed by atoms with Gasteiger partial charge in [-0.3, -0.25) is 4.79 Å². The maximum atomic E-state index is 12.3. The van der Waals surface area contributed by atoms with Crippen molar-refractivity contribution < 1.29 is 14.3 Å². The molecule has 0 aliphatic carbocycles. The number of halogens is 1. The van der Waals surface area contributed by atoms with Crippen molar-refractivity contribution in [1.29, 1.82) is 0 Å². The number of para-hydroxylation sites is 1. The molecule has 0 aromatic heterocycles. The molecule has 0 fully saturated rings. The Morgan fingerprint density at radius 2 is 2.09 bits per heavy atom. The number of carbonyl (C=O) groups is 1. The summed E-state index contributed by atoms with van der Waals surface area (Å²) in [6.45, 7) is 1.08. The average Bonchev–Trinajstić information content (AvgIpc) is 2.67. The Morgan fingerprint density at radius 3 is 2.91 bits per heavy atom. The monoisotopic (exact) mass is 361 g/mol. The van der Waals surface area contributed by atoms with Gasteiger partial charge in [0.1, 0.15) is 11.5 Å². The van der Waals surface area contributed by atoms with Crippen LogP contribution >= 0.6 is 15.9 Å². The smallest absolute Gasteiger partial charge is 0.261 e. The molecule has 2 aromatic carbocycles. The SMILES string of the molecule is COc1ccccc1CN1Cc2cc(Br)ccc2OCC1=O. The van der Waals surface area contributed by atoms with Crippen LogP contribution in [0.4, 0.5) is 0 Å². The summed E-state index contributed by atoms with van der Waals surface area (Å²) in [5, 5.41) is 0. The van der Waals surface area contributed by atoms with Gasteiger partial charge < -0.3 is 14.4 Å². The predicted octanol–water partition coefficient (Wildman–Crippen LogP) is 3.38. The fraction of sp³-hybridized carbons (Fsp3) is 0.235. The second kappa shape index (κ2) is 6.40. The van der Waals surface area contributed by atoms with E-state index in [4.69, 9.17) is 9.47 Å². The minimum absolute atomic E-state index is 0.0294. The first-order chi connectivity index (χ1) is 10.7. The summed E-state index contributed by atoms with van der Waals surface area (Å²) in [6.07, 6.45) is 0. The number of benzene rings is 2. The van der Waals surface area contributed by atoms with Crippen molar-refractivity contribution in [3.63, 3.8) is 0 Å². The molecule has 5 heteroatoms. The standard InChI is InChI=1S/C17H16BrNO3/c1-21-15-5-3-2-4-12(15)9-19-10-13-8-14(18)6-7-16(13)22-11-17(19)20/h2-8H,9-11H2,1H3. The highest BCUT2D eigenvalue weighted by Crippen LogP contribution is 2.28. The van der Waals surface area contributed by atoms with Gasteiger partial charge in [0.15, 0.2) is 6.61 Å². The van der Waals surface area contributed by atoms with Crippen LogP contribution in [0.25, 0.3) is 0 Å². The van der Waals surface area contributed by atoms with E-state index in [1.54, 1.807) is 12.0 Å².